The van der Waals surface area contributed by atoms with E-state index < -0.39 is 0 Å². The van der Waals surface area contributed by atoms with Crippen molar-refractivity contribution in [3.05, 3.63) is 59.2 Å². The number of rotatable bonds is 3. The lowest BCUT2D eigenvalue weighted by atomic mass is 10.2. The van der Waals surface area contributed by atoms with Gasteiger partial charge in [-0.1, -0.05) is 12.1 Å². The number of fused-ring (bicyclic) bond motifs is 1. The maximum Gasteiger partial charge on any atom is 0.253 e. The molecule has 1 aromatic carbocycles. The molecule has 6 heteroatoms. The third kappa shape index (κ3) is 2.67. The zero-order valence-corrected chi connectivity index (χ0v) is 12.3. The van der Waals surface area contributed by atoms with Crippen LogP contribution < -0.4 is 5.32 Å². The zero-order valence-electron chi connectivity index (χ0n) is 12.3. The molecule has 2 heterocycles. The lowest BCUT2D eigenvalue weighted by Crippen LogP contribution is -2.22. The molecule has 0 aliphatic heterocycles. The third-order valence-electron chi connectivity index (χ3n) is 3.49. The number of aromatic nitrogens is 3. The van der Waals surface area contributed by atoms with Crippen LogP contribution in [0, 0.1) is 12.7 Å². The highest BCUT2D eigenvalue weighted by atomic mass is 19.1. The van der Waals surface area contributed by atoms with Gasteiger partial charge in [-0.25, -0.2) is 9.37 Å². The molecule has 0 atom stereocenters. The van der Waals surface area contributed by atoms with Crippen molar-refractivity contribution >= 4 is 16.9 Å². The van der Waals surface area contributed by atoms with E-state index in [0.29, 0.717) is 12.1 Å². The van der Waals surface area contributed by atoms with Crippen LogP contribution in [0.25, 0.3) is 11.0 Å². The van der Waals surface area contributed by atoms with Crippen LogP contribution in [0.4, 0.5) is 4.39 Å². The highest BCUT2D eigenvalue weighted by Crippen LogP contribution is 2.16. The Hall–Kier alpha value is -2.76. The quantitative estimate of drug-likeness (QED) is 0.807. The average molecular weight is 298 g/mol. The summed E-state index contributed by atoms with van der Waals surface area (Å²) in [7, 11) is 1.82. The number of amides is 1. The zero-order chi connectivity index (χ0) is 15.7. The number of hydrogen-bond acceptors (Lipinski definition) is 3. The lowest BCUT2D eigenvalue weighted by Gasteiger charge is -2.05. The molecule has 3 aromatic rings. The molecule has 1 N–H and O–H groups in total. The van der Waals surface area contributed by atoms with Crippen molar-refractivity contribution in [1.29, 1.82) is 0 Å². The molecule has 22 heavy (non-hydrogen) atoms. The van der Waals surface area contributed by atoms with Gasteiger partial charge >= 0.3 is 0 Å². The number of hydrogen-bond donors (Lipinski definition) is 1. The number of halogens is 1. The second kappa shape index (κ2) is 5.55. The smallest absolute Gasteiger partial charge is 0.253 e. The van der Waals surface area contributed by atoms with Crippen LogP contribution in [-0.2, 0) is 13.6 Å². The Bertz CT molecular complexity index is 839. The Morgan fingerprint density at radius 1 is 1.32 bits per heavy atom. The van der Waals surface area contributed by atoms with E-state index >= 15 is 0 Å². The summed E-state index contributed by atoms with van der Waals surface area (Å²) >= 11 is 0. The first-order valence-corrected chi connectivity index (χ1v) is 6.86. The molecule has 5 nitrogen and oxygen atoms in total. The number of carbonyl (C=O) groups is 1. The van der Waals surface area contributed by atoms with Gasteiger partial charge in [-0.2, -0.15) is 5.10 Å². The minimum absolute atomic E-state index is 0.220. The van der Waals surface area contributed by atoms with E-state index in [9.17, 15) is 9.18 Å². The van der Waals surface area contributed by atoms with Gasteiger partial charge in [0.25, 0.3) is 5.91 Å². The summed E-state index contributed by atoms with van der Waals surface area (Å²) in [5, 5.41) is 7.93. The summed E-state index contributed by atoms with van der Waals surface area (Å²) in [4.78, 5) is 16.5. The molecule has 0 aliphatic rings. The molecule has 0 saturated heterocycles. The SMILES string of the molecule is Cc1nn(C)c2ncc(C(=O)NCc3ccc(F)cc3)cc12. The van der Waals surface area contributed by atoms with Crippen molar-refractivity contribution < 1.29 is 9.18 Å². The van der Waals surface area contributed by atoms with E-state index in [-0.39, 0.29) is 11.7 Å². The minimum atomic E-state index is -0.295. The van der Waals surface area contributed by atoms with Crippen molar-refractivity contribution in [3.8, 4) is 0 Å². The maximum absolute atomic E-state index is 12.8. The van der Waals surface area contributed by atoms with Crippen molar-refractivity contribution in [2.24, 2.45) is 7.05 Å². The highest BCUT2D eigenvalue weighted by molar-refractivity contribution is 5.97. The van der Waals surface area contributed by atoms with E-state index in [1.807, 2.05) is 14.0 Å². The fourth-order valence-corrected chi connectivity index (χ4v) is 2.32. The molecule has 2 aromatic heterocycles. The molecule has 3 rings (SSSR count). The average Bonchev–Trinajstić information content (AvgIpc) is 2.81. The van der Waals surface area contributed by atoms with Gasteiger partial charge in [-0.05, 0) is 30.7 Å². The standard InChI is InChI=1S/C16H15FN4O/c1-10-14-7-12(9-18-15(14)21(2)20-10)16(22)19-8-11-3-5-13(17)6-4-11/h3-7,9H,8H2,1-2H3,(H,19,22). The predicted molar refractivity (Wildman–Crippen MR) is 80.8 cm³/mol. The summed E-state index contributed by atoms with van der Waals surface area (Å²) < 4.78 is 14.5. The summed E-state index contributed by atoms with van der Waals surface area (Å²) in [6, 6.07) is 7.80. The summed E-state index contributed by atoms with van der Waals surface area (Å²) in [5.41, 5.74) is 2.89. The maximum atomic E-state index is 12.8. The molecule has 0 fully saturated rings. The number of pyridine rings is 1. The fraction of sp³-hybridized carbons (Fsp3) is 0.188. The Morgan fingerprint density at radius 3 is 2.77 bits per heavy atom. The monoisotopic (exact) mass is 298 g/mol. The van der Waals surface area contributed by atoms with Crippen molar-refractivity contribution in [2.45, 2.75) is 13.5 Å². The number of aryl methyl sites for hydroxylation is 2. The summed E-state index contributed by atoms with van der Waals surface area (Å²) in [5.74, 6) is -0.515. The Morgan fingerprint density at radius 2 is 2.05 bits per heavy atom. The van der Waals surface area contributed by atoms with Gasteiger partial charge in [-0.15, -0.1) is 0 Å². The van der Waals surface area contributed by atoms with Gasteiger partial charge in [0.15, 0.2) is 5.65 Å². The highest BCUT2D eigenvalue weighted by Gasteiger charge is 2.11. The first kappa shape index (κ1) is 14.2. The first-order chi connectivity index (χ1) is 10.5. The largest absolute Gasteiger partial charge is 0.348 e. The van der Waals surface area contributed by atoms with Crippen LogP contribution >= 0.6 is 0 Å². The van der Waals surface area contributed by atoms with E-state index in [0.717, 1.165) is 22.3 Å². The summed E-state index contributed by atoms with van der Waals surface area (Å²) in [6.45, 7) is 2.22. The Labute approximate surface area is 126 Å². The van der Waals surface area contributed by atoms with E-state index in [1.165, 1.54) is 18.3 Å². The van der Waals surface area contributed by atoms with Gasteiger partial charge in [0, 0.05) is 25.2 Å². The molecule has 112 valence electrons. The van der Waals surface area contributed by atoms with Gasteiger partial charge in [0.2, 0.25) is 0 Å². The molecular weight excluding hydrogens is 283 g/mol. The Kier molecular flexibility index (Phi) is 3.58. The molecule has 0 bridgehead atoms. The van der Waals surface area contributed by atoms with Crippen molar-refractivity contribution in [1.82, 2.24) is 20.1 Å². The van der Waals surface area contributed by atoms with Crippen LogP contribution in [0.3, 0.4) is 0 Å². The Balaban J connectivity index is 1.77. The van der Waals surface area contributed by atoms with Gasteiger partial charge in [0.05, 0.1) is 11.3 Å². The van der Waals surface area contributed by atoms with Gasteiger partial charge in [0.1, 0.15) is 5.82 Å². The predicted octanol–water partition coefficient (Wildman–Crippen LogP) is 2.35. The van der Waals surface area contributed by atoms with Crippen LogP contribution in [0.5, 0.6) is 0 Å². The van der Waals surface area contributed by atoms with E-state index in [4.69, 9.17) is 0 Å². The van der Waals surface area contributed by atoms with Crippen LogP contribution in [0.1, 0.15) is 21.6 Å². The van der Waals surface area contributed by atoms with Crippen LogP contribution in [0.2, 0.25) is 0 Å². The number of carbonyl (C=O) groups excluding carboxylic acids is 1. The van der Waals surface area contributed by atoms with Gasteiger partial charge < -0.3 is 5.32 Å². The van der Waals surface area contributed by atoms with E-state index in [2.05, 4.69) is 15.4 Å². The first-order valence-electron chi connectivity index (χ1n) is 6.86. The second-order valence-corrected chi connectivity index (χ2v) is 5.11. The molecule has 0 aliphatic carbocycles. The molecule has 0 saturated carbocycles. The lowest BCUT2D eigenvalue weighted by molar-refractivity contribution is 0.0950. The summed E-state index contributed by atoms with van der Waals surface area (Å²) in [6.07, 6.45) is 1.53. The molecule has 1 amide bonds. The second-order valence-electron chi connectivity index (χ2n) is 5.11. The third-order valence-corrected chi connectivity index (χ3v) is 3.49. The minimum Gasteiger partial charge on any atom is -0.348 e. The fourth-order valence-electron chi connectivity index (χ4n) is 2.32. The molecule has 0 spiro atoms. The molecule has 0 unspecified atom stereocenters. The van der Waals surface area contributed by atoms with Gasteiger partial charge in [-0.3, -0.25) is 9.48 Å². The van der Waals surface area contributed by atoms with E-state index in [1.54, 1.807) is 22.9 Å². The number of nitrogens with zero attached hydrogens (tertiary/aromatic N) is 3. The van der Waals surface area contributed by atoms with Crippen molar-refractivity contribution in [3.63, 3.8) is 0 Å². The van der Waals surface area contributed by atoms with Crippen LogP contribution in [0.15, 0.2) is 36.5 Å². The molecule has 0 radical (unpaired) electrons. The molecular formula is C16H15FN4O. The normalized spacial score (nSPS) is 10.9. The number of nitrogens with one attached hydrogen (secondary N) is 1. The number of benzene rings is 1. The van der Waals surface area contributed by atoms with Crippen LogP contribution in [-0.4, -0.2) is 20.7 Å². The van der Waals surface area contributed by atoms with Crippen molar-refractivity contribution in [2.75, 3.05) is 0 Å². The topological polar surface area (TPSA) is 59.8 Å².